The van der Waals surface area contributed by atoms with Gasteiger partial charge in [-0.15, -0.1) is 0 Å². The molecule has 1 aromatic heterocycles. The molecule has 1 saturated carbocycles. The largest absolute Gasteiger partial charge is 0.447 e. The zero-order valence-corrected chi connectivity index (χ0v) is 10.7. The van der Waals surface area contributed by atoms with Crippen molar-refractivity contribution in [2.75, 3.05) is 6.54 Å². The van der Waals surface area contributed by atoms with Gasteiger partial charge in [0.1, 0.15) is 5.76 Å². The molecule has 0 unspecified atom stereocenters. The van der Waals surface area contributed by atoms with Gasteiger partial charge >= 0.3 is 0 Å². The molecule has 1 aliphatic carbocycles. The SMILES string of the molecule is CC1(C)CCC(O)(CNCc2cnco2)CC1. The summed E-state index contributed by atoms with van der Waals surface area (Å²) in [7, 11) is 0. The predicted molar refractivity (Wildman–Crippen MR) is 65.4 cm³/mol. The van der Waals surface area contributed by atoms with Gasteiger partial charge in [0.25, 0.3) is 0 Å². The van der Waals surface area contributed by atoms with E-state index in [1.165, 1.54) is 6.39 Å². The smallest absolute Gasteiger partial charge is 0.180 e. The van der Waals surface area contributed by atoms with Crippen molar-refractivity contribution in [1.29, 1.82) is 0 Å². The first-order valence-electron chi connectivity index (χ1n) is 6.30. The van der Waals surface area contributed by atoms with Gasteiger partial charge in [-0.25, -0.2) is 4.98 Å². The van der Waals surface area contributed by atoms with Crippen molar-refractivity contribution in [2.45, 2.75) is 51.7 Å². The van der Waals surface area contributed by atoms with Crippen LogP contribution in [-0.2, 0) is 6.54 Å². The molecule has 0 spiro atoms. The maximum absolute atomic E-state index is 10.4. The van der Waals surface area contributed by atoms with Crippen LogP contribution >= 0.6 is 0 Å². The summed E-state index contributed by atoms with van der Waals surface area (Å²) in [4.78, 5) is 3.85. The van der Waals surface area contributed by atoms with Crippen molar-refractivity contribution in [1.82, 2.24) is 10.3 Å². The lowest BCUT2D eigenvalue weighted by molar-refractivity contribution is -0.0247. The van der Waals surface area contributed by atoms with Crippen LogP contribution in [0.3, 0.4) is 0 Å². The minimum Gasteiger partial charge on any atom is -0.447 e. The highest BCUT2D eigenvalue weighted by Gasteiger charge is 2.36. The Hall–Kier alpha value is -0.870. The highest BCUT2D eigenvalue weighted by Crippen LogP contribution is 2.39. The average molecular weight is 238 g/mol. The third-order valence-corrected chi connectivity index (χ3v) is 3.77. The molecule has 2 N–H and O–H groups in total. The lowest BCUT2D eigenvalue weighted by atomic mass is 9.71. The summed E-state index contributed by atoms with van der Waals surface area (Å²) in [6, 6.07) is 0. The Balaban J connectivity index is 1.75. The summed E-state index contributed by atoms with van der Waals surface area (Å²) >= 11 is 0. The zero-order valence-electron chi connectivity index (χ0n) is 10.7. The Labute approximate surface area is 102 Å². The highest BCUT2D eigenvalue weighted by atomic mass is 16.3. The second-order valence-electron chi connectivity index (χ2n) is 5.96. The molecule has 0 aliphatic heterocycles. The third kappa shape index (κ3) is 3.54. The van der Waals surface area contributed by atoms with Crippen molar-refractivity contribution in [3.8, 4) is 0 Å². The number of hydrogen-bond donors (Lipinski definition) is 2. The van der Waals surface area contributed by atoms with Gasteiger partial charge in [0.2, 0.25) is 0 Å². The molecule has 2 rings (SSSR count). The van der Waals surface area contributed by atoms with Gasteiger partial charge < -0.3 is 14.8 Å². The van der Waals surface area contributed by atoms with E-state index in [9.17, 15) is 5.11 Å². The van der Waals surface area contributed by atoms with Crippen molar-refractivity contribution in [3.05, 3.63) is 18.4 Å². The number of rotatable bonds is 4. The number of nitrogens with zero attached hydrogens (tertiary/aromatic N) is 1. The van der Waals surface area contributed by atoms with Crippen LogP contribution in [0, 0.1) is 5.41 Å². The fourth-order valence-electron chi connectivity index (χ4n) is 2.32. The molecule has 0 amide bonds. The highest BCUT2D eigenvalue weighted by molar-refractivity contribution is 4.92. The van der Waals surface area contributed by atoms with E-state index in [0.29, 0.717) is 18.5 Å². The van der Waals surface area contributed by atoms with E-state index in [2.05, 4.69) is 24.1 Å². The Morgan fingerprint density at radius 2 is 2.06 bits per heavy atom. The Kier molecular flexibility index (Phi) is 3.54. The maximum atomic E-state index is 10.4. The number of aromatic nitrogens is 1. The van der Waals surface area contributed by atoms with Crippen LogP contribution in [0.4, 0.5) is 0 Å². The number of aliphatic hydroxyl groups is 1. The lowest BCUT2D eigenvalue weighted by Gasteiger charge is -2.40. The second-order valence-corrected chi connectivity index (χ2v) is 5.96. The van der Waals surface area contributed by atoms with Crippen LogP contribution in [0.1, 0.15) is 45.3 Å². The first kappa shape index (κ1) is 12.6. The molecule has 1 heterocycles. The van der Waals surface area contributed by atoms with Gasteiger partial charge in [-0.05, 0) is 31.1 Å². The average Bonchev–Trinajstić information content (AvgIpc) is 2.77. The summed E-state index contributed by atoms with van der Waals surface area (Å²) in [6.45, 7) is 5.80. The fourth-order valence-corrected chi connectivity index (χ4v) is 2.32. The van der Waals surface area contributed by atoms with Crippen LogP contribution < -0.4 is 5.32 Å². The quantitative estimate of drug-likeness (QED) is 0.843. The molecule has 96 valence electrons. The van der Waals surface area contributed by atoms with E-state index in [4.69, 9.17) is 4.42 Å². The first-order valence-corrected chi connectivity index (χ1v) is 6.30. The summed E-state index contributed by atoms with van der Waals surface area (Å²) in [5.74, 6) is 0.810. The van der Waals surface area contributed by atoms with Crippen molar-refractivity contribution < 1.29 is 9.52 Å². The first-order chi connectivity index (χ1) is 7.99. The fraction of sp³-hybridized carbons (Fsp3) is 0.769. The molecule has 0 bridgehead atoms. The molecule has 0 saturated heterocycles. The van der Waals surface area contributed by atoms with Gasteiger partial charge in [0, 0.05) is 6.54 Å². The number of oxazole rings is 1. The normalized spacial score (nSPS) is 22.5. The van der Waals surface area contributed by atoms with E-state index < -0.39 is 5.60 Å². The van der Waals surface area contributed by atoms with Gasteiger partial charge in [0.05, 0.1) is 18.3 Å². The van der Waals surface area contributed by atoms with E-state index in [1.807, 2.05) is 0 Å². The van der Waals surface area contributed by atoms with Crippen LogP contribution in [0.15, 0.2) is 17.0 Å². The van der Waals surface area contributed by atoms with Crippen LogP contribution in [0.25, 0.3) is 0 Å². The van der Waals surface area contributed by atoms with Crippen LogP contribution in [-0.4, -0.2) is 22.2 Å². The maximum Gasteiger partial charge on any atom is 0.180 e. The standard InChI is InChI=1S/C13H22N2O2/c1-12(2)3-5-13(16,6-4-12)9-14-7-11-8-15-10-17-11/h8,10,14,16H,3-7,9H2,1-2H3. The van der Waals surface area contributed by atoms with E-state index in [1.54, 1.807) is 6.20 Å². The molecule has 17 heavy (non-hydrogen) atoms. The molecule has 0 aromatic carbocycles. The topological polar surface area (TPSA) is 58.3 Å². The Morgan fingerprint density at radius 1 is 1.35 bits per heavy atom. The van der Waals surface area contributed by atoms with Gasteiger partial charge in [0.15, 0.2) is 6.39 Å². The van der Waals surface area contributed by atoms with E-state index in [-0.39, 0.29) is 0 Å². The second kappa shape index (κ2) is 4.78. The minimum absolute atomic E-state index is 0.386. The summed E-state index contributed by atoms with van der Waals surface area (Å²) < 4.78 is 5.13. The van der Waals surface area contributed by atoms with Gasteiger partial charge in [-0.3, -0.25) is 0 Å². The Bertz CT molecular complexity index is 336. The molecule has 1 aromatic rings. The van der Waals surface area contributed by atoms with Crippen LogP contribution in [0.5, 0.6) is 0 Å². The molecule has 4 nitrogen and oxygen atoms in total. The zero-order chi connectivity index (χ0) is 12.4. The summed E-state index contributed by atoms with van der Waals surface area (Å²) in [5, 5.41) is 13.7. The molecular formula is C13H22N2O2. The molecular weight excluding hydrogens is 216 g/mol. The molecule has 0 atom stereocenters. The number of hydrogen-bond acceptors (Lipinski definition) is 4. The van der Waals surface area contributed by atoms with Crippen molar-refractivity contribution >= 4 is 0 Å². The molecule has 1 fully saturated rings. The number of nitrogens with one attached hydrogen (secondary N) is 1. The van der Waals surface area contributed by atoms with Crippen molar-refractivity contribution in [3.63, 3.8) is 0 Å². The Morgan fingerprint density at radius 3 is 2.65 bits per heavy atom. The monoisotopic (exact) mass is 238 g/mol. The summed E-state index contributed by atoms with van der Waals surface area (Å²) in [5.41, 5.74) is -0.160. The van der Waals surface area contributed by atoms with E-state index >= 15 is 0 Å². The van der Waals surface area contributed by atoms with Crippen molar-refractivity contribution in [2.24, 2.45) is 5.41 Å². The lowest BCUT2D eigenvalue weighted by Crippen LogP contribution is -2.44. The molecule has 4 heteroatoms. The minimum atomic E-state index is -0.546. The van der Waals surface area contributed by atoms with Gasteiger partial charge in [-0.2, -0.15) is 0 Å². The molecule has 1 aliphatic rings. The summed E-state index contributed by atoms with van der Waals surface area (Å²) in [6.07, 6.45) is 7.06. The van der Waals surface area contributed by atoms with Gasteiger partial charge in [-0.1, -0.05) is 13.8 Å². The predicted octanol–water partition coefficient (Wildman–Crippen LogP) is 2.10. The van der Waals surface area contributed by atoms with Crippen LogP contribution in [0.2, 0.25) is 0 Å². The molecule has 0 radical (unpaired) electrons. The third-order valence-electron chi connectivity index (χ3n) is 3.77. The van der Waals surface area contributed by atoms with E-state index in [0.717, 1.165) is 31.4 Å².